The highest BCUT2D eigenvalue weighted by Crippen LogP contribution is 2.52. The smallest absolute Gasteiger partial charge is 0.198 e. The van der Waals surface area contributed by atoms with Gasteiger partial charge in [0.1, 0.15) is 0 Å². The van der Waals surface area contributed by atoms with E-state index in [1.54, 1.807) is 0 Å². The summed E-state index contributed by atoms with van der Waals surface area (Å²) in [5.41, 5.74) is 13.9. The number of fused-ring (bicyclic) bond motifs is 7. The SMILES string of the molecule is B1c2cccc3c2N(c2ccccc2O3)c2cc(N(c3ccccc3)c3ccccc3)cc(-c3cccc4c3[nH]c3ccccc34)c21. The number of aromatic nitrogens is 1. The highest BCUT2D eigenvalue weighted by molar-refractivity contribution is 6.73. The lowest BCUT2D eigenvalue weighted by Crippen LogP contribution is -2.42. The van der Waals surface area contributed by atoms with Gasteiger partial charge in [-0.05, 0) is 71.7 Å². The van der Waals surface area contributed by atoms with Crippen molar-refractivity contribution in [1.29, 1.82) is 0 Å². The largest absolute Gasteiger partial charge is 0.453 e. The second-order valence-corrected chi connectivity index (χ2v) is 12.2. The normalized spacial score (nSPS) is 12.6. The molecule has 47 heavy (non-hydrogen) atoms. The Kier molecular flexibility index (Phi) is 5.63. The van der Waals surface area contributed by atoms with Crippen molar-refractivity contribution in [3.63, 3.8) is 0 Å². The van der Waals surface area contributed by atoms with Crippen LogP contribution < -0.4 is 25.5 Å². The van der Waals surface area contributed by atoms with Crippen molar-refractivity contribution in [2.45, 2.75) is 0 Å². The molecule has 0 spiro atoms. The van der Waals surface area contributed by atoms with Crippen molar-refractivity contribution in [1.82, 2.24) is 4.98 Å². The zero-order chi connectivity index (χ0) is 30.9. The Morgan fingerprint density at radius 1 is 0.532 bits per heavy atom. The molecule has 0 bridgehead atoms. The molecule has 2 aliphatic heterocycles. The van der Waals surface area contributed by atoms with E-state index in [0.717, 1.165) is 63.9 Å². The molecule has 0 unspecified atom stereocenters. The minimum Gasteiger partial charge on any atom is -0.453 e. The number of benzene rings is 7. The summed E-state index contributed by atoms with van der Waals surface area (Å²) in [6.07, 6.45) is 0. The number of ether oxygens (including phenoxy) is 1. The number of nitrogens with zero attached hydrogens (tertiary/aromatic N) is 2. The van der Waals surface area contributed by atoms with Gasteiger partial charge in [0.05, 0.1) is 16.9 Å². The highest BCUT2D eigenvalue weighted by atomic mass is 16.5. The maximum atomic E-state index is 6.50. The lowest BCUT2D eigenvalue weighted by atomic mass is 9.58. The molecular formula is C42H28BN3O. The van der Waals surface area contributed by atoms with Crippen molar-refractivity contribution in [3.8, 4) is 22.6 Å². The first-order chi connectivity index (χ1) is 23.3. The molecule has 7 aromatic carbocycles. The van der Waals surface area contributed by atoms with E-state index in [1.165, 1.54) is 32.8 Å². The van der Waals surface area contributed by atoms with Crippen molar-refractivity contribution < 1.29 is 4.74 Å². The van der Waals surface area contributed by atoms with Crippen LogP contribution in [-0.2, 0) is 0 Å². The number of para-hydroxylation sites is 7. The van der Waals surface area contributed by atoms with Crippen LogP contribution in [0, 0.1) is 0 Å². The monoisotopic (exact) mass is 601 g/mol. The van der Waals surface area contributed by atoms with E-state index in [1.807, 2.05) is 6.07 Å². The number of anilines is 6. The van der Waals surface area contributed by atoms with Gasteiger partial charge in [0.15, 0.2) is 18.8 Å². The van der Waals surface area contributed by atoms with Gasteiger partial charge in [-0.3, -0.25) is 0 Å². The van der Waals surface area contributed by atoms with E-state index in [4.69, 9.17) is 4.74 Å². The predicted molar refractivity (Wildman–Crippen MR) is 197 cm³/mol. The third-order valence-electron chi connectivity index (χ3n) is 9.57. The van der Waals surface area contributed by atoms with Gasteiger partial charge in [-0.2, -0.15) is 0 Å². The lowest BCUT2D eigenvalue weighted by Gasteiger charge is -2.40. The number of hydrogen-bond donors (Lipinski definition) is 1. The van der Waals surface area contributed by atoms with Gasteiger partial charge in [0, 0.05) is 44.6 Å². The molecule has 1 N–H and O–H groups in total. The summed E-state index contributed by atoms with van der Waals surface area (Å²) in [7, 11) is 0.795. The summed E-state index contributed by atoms with van der Waals surface area (Å²) >= 11 is 0. The number of aromatic amines is 1. The van der Waals surface area contributed by atoms with Crippen LogP contribution in [0.15, 0.2) is 158 Å². The quantitative estimate of drug-likeness (QED) is 0.204. The van der Waals surface area contributed by atoms with Gasteiger partial charge in [0.2, 0.25) is 0 Å². The van der Waals surface area contributed by atoms with E-state index in [-0.39, 0.29) is 0 Å². The maximum Gasteiger partial charge on any atom is 0.198 e. The molecule has 0 saturated heterocycles. The third kappa shape index (κ3) is 3.96. The Morgan fingerprint density at radius 2 is 1.21 bits per heavy atom. The summed E-state index contributed by atoms with van der Waals surface area (Å²) in [6.45, 7) is 0. The second-order valence-electron chi connectivity index (χ2n) is 12.2. The van der Waals surface area contributed by atoms with Crippen LogP contribution in [0.1, 0.15) is 0 Å². The Labute approximate surface area is 273 Å². The van der Waals surface area contributed by atoms with Gasteiger partial charge >= 0.3 is 0 Å². The van der Waals surface area contributed by atoms with Crippen LogP contribution in [-0.4, -0.2) is 12.3 Å². The molecular weight excluding hydrogens is 573 g/mol. The average molecular weight is 602 g/mol. The van der Waals surface area contributed by atoms with E-state index < -0.39 is 0 Å². The fourth-order valence-corrected chi connectivity index (χ4v) is 7.55. The average Bonchev–Trinajstić information content (AvgIpc) is 3.52. The fraction of sp³-hybridized carbons (Fsp3) is 0. The molecule has 2 aliphatic rings. The maximum absolute atomic E-state index is 6.50. The molecule has 10 rings (SSSR count). The first kappa shape index (κ1) is 26.1. The highest BCUT2D eigenvalue weighted by Gasteiger charge is 2.35. The van der Waals surface area contributed by atoms with Crippen LogP contribution in [0.4, 0.5) is 34.1 Å². The standard InChI is InChI=1S/C42H28BN3O/c1-3-13-27(14-4-1)45(28-15-5-2-6-16-28)29-25-33(32-19-11-18-31-30-17-7-8-21-35(30)44-41(31)32)40-37(26-29)46-36-22-9-10-23-38(36)47-39-24-12-20-34(43-40)42(39)46/h1-26,43-44H. The minimum atomic E-state index is 0.795. The van der Waals surface area contributed by atoms with Crippen LogP contribution in [0.5, 0.6) is 11.5 Å². The molecule has 4 nitrogen and oxygen atoms in total. The van der Waals surface area contributed by atoms with Crippen molar-refractivity contribution in [2.75, 3.05) is 9.80 Å². The van der Waals surface area contributed by atoms with E-state index in [9.17, 15) is 0 Å². The molecule has 8 aromatic rings. The number of nitrogens with one attached hydrogen (secondary N) is 1. The third-order valence-corrected chi connectivity index (χ3v) is 9.57. The van der Waals surface area contributed by atoms with Crippen LogP contribution in [0.3, 0.4) is 0 Å². The zero-order valence-electron chi connectivity index (χ0n) is 25.5. The van der Waals surface area contributed by atoms with Gasteiger partial charge in [-0.25, -0.2) is 0 Å². The summed E-state index contributed by atoms with van der Waals surface area (Å²) in [5.74, 6) is 1.75. The molecule has 0 fully saturated rings. The van der Waals surface area contributed by atoms with Crippen LogP contribution >= 0.6 is 0 Å². The van der Waals surface area contributed by atoms with E-state index >= 15 is 0 Å². The molecule has 220 valence electrons. The van der Waals surface area contributed by atoms with E-state index in [2.05, 4.69) is 166 Å². The summed E-state index contributed by atoms with van der Waals surface area (Å²) in [5, 5.41) is 2.47. The lowest BCUT2D eigenvalue weighted by molar-refractivity contribution is 0.477. The Balaban J connectivity index is 1.32. The van der Waals surface area contributed by atoms with Gasteiger partial charge in [0.25, 0.3) is 0 Å². The Bertz CT molecular complexity index is 2450. The summed E-state index contributed by atoms with van der Waals surface area (Å²) in [6, 6.07) is 56.2. The number of rotatable bonds is 4. The molecule has 5 heteroatoms. The first-order valence-corrected chi connectivity index (χ1v) is 16.1. The Hall–Kier alpha value is -6.20. The Morgan fingerprint density at radius 3 is 2.04 bits per heavy atom. The predicted octanol–water partition coefficient (Wildman–Crippen LogP) is 9.73. The van der Waals surface area contributed by atoms with Crippen molar-refractivity contribution in [3.05, 3.63) is 158 Å². The second kappa shape index (κ2) is 10.2. The summed E-state index contributed by atoms with van der Waals surface area (Å²) < 4.78 is 6.50. The van der Waals surface area contributed by atoms with Gasteiger partial charge in [-0.1, -0.05) is 103 Å². The molecule has 0 atom stereocenters. The van der Waals surface area contributed by atoms with Crippen molar-refractivity contribution in [2.24, 2.45) is 0 Å². The van der Waals surface area contributed by atoms with Gasteiger partial charge in [-0.15, -0.1) is 0 Å². The first-order valence-electron chi connectivity index (χ1n) is 16.1. The minimum absolute atomic E-state index is 0.795. The molecule has 0 radical (unpaired) electrons. The molecule has 0 saturated carbocycles. The van der Waals surface area contributed by atoms with Crippen LogP contribution in [0.25, 0.3) is 32.9 Å². The molecule has 3 heterocycles. The molecule has 1 aromatic heterocycles. The topological polar surface area (TPSA) is 31.5 Å². The zero-order valence-corrected chi connectivity index (χ0v) is 25.5. The van der Waals surface area contributed by atoms with Gasteiger partial charge < -0.3 is 19.5 Å². The summed E-state index contributed by atoms with van der Waals surface area (Å²) in [4.78, 5) is 8.59. The number of hydrogen-bond acceptors (Lipinski definition) is 3. The van der Waals surface area contributed by atoms with E-state index in [0.29, 0.717) is 0 Å². The van der Waals surface area contributed by atoms with Crippen LogP contribution in [0.2, 0.25) is 0 Å². The molecule has 0 aliphatic carbocycles. The molecule has 0 amide bonds. The van der Waals surface area contributed by atoms with Crippen molar-refractivity contribution >= 4 is 74.1 Å². The fourth-order valence-electron chi connectivity index (χ4n) is 7.55. The number of H-pyrrole nitrogens is 1.